The van der Waals surface area contributed by atoms with Gasteiger partial charge in [-0.15, -0.1) is 0 Å². The Morgan fingerprint density at radius 1 is 1.48 bits per heavy atom. The number of halogens is 1. The van der Waals surface area contributed by atoms with E-state index in [2.05, 4.69) is 53.8 Å². The zero-order valence-corrected chi connectivity index (χ0v) is 15.3. The van der Waals surface area contributed by atoms with Gasteiger partial charge in [0.25, 0.3) is 5.91 Å². The molecule has 0 spiro atoms. The molecule has 4 heteroatoms. The van der Waals surface area contributed by atoms with Crippen molar-refractivity contribution in [3.8, 4) is 0 Å². The predicted octanol–water partition coefficient (Wildman–Crippen LogP) is 3.53. The number of amides is 1. The number of nitrogens with one attached hydrogen (secondary N) is 1. The SMILES string of the molecule is CC1CCCC(CNC(=O)c2cccc(I)c2)(N(C)C)C1. The summed E-state index contributed by atoms with van der Waals surface area (Å²) in [6.45, 7) is 3.05. The third kappa shape index (κ3) is 4.19. The molecule has 1 amide bonds. The maximum absolute atomic E-state index is 12.4. The van der Waals surface area contributed by atoms with Crippen LogP contribution in [0, 0.1) is 9.49 Å². The van der Waals surface area contributed by atoms with Crippen molar-refractivity contribution in [1.29, 1.82) is 0 Å². The first-order chi connectivity index (χ1) is 9.93. The quantitative estimate of drug-likeness (QED) is 0.785. The number of carbonyl (C=O) groups is 1. The summed E-state index contributed by atoms with van der Waals surface area (Å²) in [7, 11) is 4.27. The summed E-state index contributed by atoms with van der Waals surface area (Å²) < 4.78 is 1.09. The first-order valence-corrected chi connectivity index (χ1v) is 8.72. The Morgan fingerprint density at radius 3 is 2.86 bits per heavy atom. The number of hydrogen-bond acceptors (Lipinski definition) is 2. The van der Waals surface area contributed by atoms with E-state index in [1.807, 2.05) is 24.3 Å². The summed E-state index contributed by atoms with van der Waals surface area (Å²) in [5.41, 5.74) is 0.856. The standard InChI is InChI=1S/C17H25IN2O/c1-13-6-5-9-17(11-13,20(2)3)12-19-16(21)14-7-4-8-15(18)10-14/h4,7-8,10,13H,5-6,9,11-12H2,1-3H3,(H,19,21). The van der Waals surface area contributed by atoms with E-state index < -0.39 is 0 Å². The van der Waals surface area contributed by atoms with Gasteiger partial charge in [-0.05, 0) is 73.6 Å². The van der Waals surface area contributed by atoms with E-state index in [1.165, 1.54) is 12.8 Å². The van der Waals surface area contributed by atoms with Crippen LogP contribution in [0.25, 0.3) is 0 Å². The highest BCUT2D eigenvalue weighted by molar-refractivity contribution is 14.1. The van der Waals surface area contributed by atoms with Gasteiger partial charge in [0, 0.05) is 21.2 Å². The molecular weight excluding hydrogens is 375 g/mol. The van der Waals surface area contributed by atoms with Crippen molar-refractivity contribution in [3.05, 3.63) is 33.4 Å². The summed E-state index contributed by atoms with van der Waals surface area (Å²) in [6.07, 6.45) is 4.88. The van der Waals surface area contributed by atoms with Crippen LogP contribution in [-0.4, -0.2) is 37.0 Å². The monoisotopic (exact) mass is 400 g/mol. The smallest absolute Gasteiger partial charge is 0.251 e. The minimum atomic E-state index is 0.0352. The Morgan fingerprint density at radius 2 is 2.24 bits per heavy atom. The number of hydrogen-bond donors (Lipinski definition) is 1. The highest BCUT2D eigenvalue weighted by Crippen LogP contribution is 2.35. The second-order valence-corrected chi connectivity index (χ2v) is 7.76. The lowest BCUT2D eigenvalue weighted by Gasteiger charge is -2.45. The van der Waals surface area contributed by atoms with Gasteiger partial charge < -0.3 is 10.2 Å². The van der Waals surface area contributed by atoms with E-state index in [4.69, 9.17) is 0 Å². The molecule has 1 aromatic carbocycles. The number of benzene rings is 1. The number of rotatable bonds is 4. The fourth-order valence-corrected chi connectivity index (χ4v) is 3.88. The molecule has 0 bridgehead atoms. The first-order valence-electron chi connectivity index (χ1n) is 7.64. The van der Waals surface area contributed by atoms with E-state index in [0.29, 0.717) is 0 Å². The fourth-order valence-electron chi connectivity index (χ4n) is 3.33. The molecule has 0 heterocycles. The van der Waals surface area contributed by atoms with Gasteiger partial charge in [0.15, 0.2) is 0 Å². The Hall–Kier alpha value is -0.620. The van der Waals surface area contributed by atoms with E-state index in [-0.39, 0.29) is 11.4 Å². The predicted molar refractivity (Wildman–Crippen MR) is 95.5 cm³/mol. The average molecular weight is 400 g/mol. The van der Waals surface area contributed by atoms with Gasteiger partial charge in [0.2, 0.25) is 0 Å². The highest BCUT2D eigenvalue weighted by atomic mass is 127. The van der Waals surface area contributed by atoms with Gasteiger partial charge in [-0.2, -0.15) is 0 Å². The molecule has 0 saturated heterocycles. The summed E-state index contributed by atoms with van der Waals surface area (Å²) in [5.74, 6) is 0.767. The largest absolute Gasteiger partial charge is 0.350 e. The molecule has 2 unspecified atom stereocenters. The zero-order chi connectivity index (χ0) is 15.5. The van der Waals surface area contributed by atoms with Gasteiger partial charge >= 0.3 is 0 Å². The molecule has 1 N–H and O–H groups in total. The maximum Gasteiger partial charge on any atom is 0.251 e. The summed E-state index contributed by atoms with van der Waals surface area (Å²) in [6, 6.07) is 7.74. The Kier molecular flexibility index (Phi) is 5.66. The van der Waals surface area contributed by atoms with Gasteiger partial charge in [-0.3, -0.25) is 4.79 Å². The van der Waals surface area contributed by atoms with Crippen LogP contribution in [-0.2, 0) is 0 Å². The zero-order valence-electron chi connectivity index (χ0n) is 13.2. The second kappa shape index (κ2) is 7.09. The van der Waals surface area contributed by atoms with Gasteiger partial charge in [0.1, 0.15) is 0 Å². The van der Waals surface area contributed by atoms with Crippen molar-refractivity contribution in [3.63, 3.8) is 0 Å². The minimum Gasteiger partial charge on any atom is -0.350 e. The summed E-state index contributed by atoms with van der Waals surface area (Å²) >= 11 is 2.24. The van der Waals surface area contributed by atoms with Crippen LogP contribution in [0.1, 0.15) is 43.0 Å². The molecule has 1 saturated carbocycles. The third-order valence-electron chi connectivity index (χ3n) is 4.68. The van der Waals surface area contributed by atoms with Crippen LogP contribution in [0.5, 0.6) is 0 Å². The molecule has 1 aromatic rings. The van der Waals surface area contributed by atoms with Crippen LogP contribution in [0.4, 0.5) is 0 Å². The first kappa shape index (κ1) is 16.7. The van der Waals surface area contributed by atoms with E-state index in [1.54, 1.807) is 0 Å². The average Bonchev–Trinajstić information content (AvgIpc) is 2.44. The lowest BCUT2D eigenvalue weighted by atomic mass is 9.75. The van der Waals surface area contributed by atoms with Crippen molar-refractivity contribution in [2.75, 3.05) is 20.6 Å². The van der Waals surface area contributed by atoms with Crippen LogP contribution in [0.3, 0.4) is 0 Å². The van der Waals surface area contributed by atoms with Crippen molar-refractivity contribution in [1.82, 2.24) is 10.2 Å². The molecule has 21 heavy (non-hydrogen) atoms. The molecule has 0 aromatic heterocycles. The van der Waals surface area contributed by atoms with Gasteiger partial charge in [-0.1, -0.05) is 25.8 Å². The van der Waals surface area contributed by atoms with Crippen LogP contribution < -0.4 is 5.32 Å². The van der Waals surface area contributed by atoms with Crippen molar-refractivity contribution >= 4 is 28.5 Å². The van der Waals surface area contributed by atoms with Crippen molar-refractivity contribution in [2.45, 2.75) is 38.1 Å². The number of likely N-dealkylation sites (N-methyl/N-ethyl adjacent to an activating group) is 1. The molecule has 1 aliphatic carbocycles. The van der Waals surface area contributed by atoms with E-state index >= 15 is 0 Å². The molecule has 2 atom stereocenters. The van der Waals surface area contributed by atoms with Gasteiger partial charge in [-0.25, -0.2) is 0 Å². The summed E-state index contributed by atoms with van der Waals surface area (Å²) in [5, 5.41) is 3.15. The molecule has 1 aliphatic rings. The van der Waals surface area contributed by atoms with E-state index in [0.717, 1.165) is 34.4 Å². The molecule has 1 fully saturated rings. The van der Waals surface area contributed by atoms with Gasteiger partial charge in [0.05, 0.1) is 0 Å². The minimum absolute atomic E-state index is 0.0352. The molecule has 0 radical (unpaired) electrons. The lowest BCUT2D eigenvalue weighted by Crippen LogP contribution is -2.55. The van der Waals surface area contributed by atoms with Crippen LogP contribution >= 0.6 is 22.6 Å². The van der Waals surface area contributed by atoms with Crippen LogP contribution in [0.2, 0.25) is 0 Å². The van der Waals surface area contributed by atoms with Crippen molar-refractivity contribution < 1.29 is 4.79 Å². The number of nitrogens with zero attached hydrogens (tertiary/aromatic N) is 1. The van der Waals surface area contributed by atoms with Crippen molar-refractivity contribution in [2.24, 2.45) is 5.92 Å². The second-order valence-electron chi connectivity index (χ2n) is 6.51. The van der Waals surface area contributed by atoms with E-state index in [9.17, 15) is 4.79 Å². The maximum atomic E-state index is 12.4. The molecular formula is C17H25IN2O. The third-order valence-corrected chi connectivity index (χ3v) is 5.35. The summed E-state index contributed by atoms with van der Waals surface area (Å²) in [4.78, 5) is 14.7. The van der Waals surface area contributed by atoms with Crippen LogP contribution in [0.15, 0.2) is 24.3 Å². The fraction of sp³-hybridized carbons (Fsp3) is 0.588. The normalized spacial score (nSPS) is 25.9. The molecule has 3 nitrogen and oxygen atoms in total. The molecule has 0 aliphatic heterocycles. The highest BCUT2D eigenvalue weighted by Gasteiger charge is 2.37. The lowest BCUT2D eigenvalue weighted by molar-refractivity contribution is 0.0675. The Labute approximate surface area is 141 Å². The number of carbonyl (C=O) groups excluding carboxylic acids is 1. The topological polar surface area (TPSA) is 32.3 Å². The Balaban J connectivity index is 2.03. The molecule has 116 valence electrons. The molecule has 2 rings (SSSR count). The Bertz CT molecular complexity index is 503.